The molecule has 0 unspecified atom stereocenters. The Balaban J connectivity index is 4.59. The molecule has 0 fully saturated rings. The molecule has 0 saturated heterocycles. The van der Waals surface area contributed by atoms with Crippen LogP contribution in [0.4, 0.5) is 30.7 Å². The third-order valence-electron chi connectivity index (χ3n) is 4.29. The normalized spacial score (nSPS) is 12.5. The Kier molecular flexibility index (Phi) is 11.3. The molecule has 0 radical (unpaired) electrons. The Morgan fingerprint density at radius 3 is 1.81 bits per heavy atom. The average molecular weight is 468 g/mol. The highest BCUT2D eigenvalue weighted by Crippen LogP contribution is 2.47. The molecule has 0 aromatic carbocycles. The topological polar surface area (TPSA) is 66.9 Å². The molecule has 0 bridgehead atoms. The molecular weight excluding hydrogens is 441 g/mol. The maximum absolute atomic E-state index is 13.4. The molecule has 0 aliphatic rings. The van der Waals surface area contributed by atoms with Crippen LogP contribution in [-0.2, 0) is 19.1 Å². The number of esters is 1. The van der Waals surface area contributed by atoms with Crippen molar-refractivity contribution in [3.63, 3.8) is 0 Å². The van der Waals surface area contributed by atoms with E-state index in [0.29, 0.717) is 18.4 Å². The second kappa shape index (κ2) is 12.1. The maximum Gasteiger partial charge on any atom is 0.460 e. The molecule has 0 atom stereocenters. The molecule has 31 heavy (non-hydrogen) atoms. The van der Waals surface area contributed by atoms with Gasteiger partial charge in [0.15, 0.2) is 0 Å². The van der Waals surface area contributed by atoms with Crippen LogP contribution < -0.4 is 0 Å². The number of likely N-dealkylation sites (N-methyl/N-ethyl adjacent to an activating group) is 2. The lowest BCUT2D eigenvalue weighted by atomic mass is 10.1. The van der Waals surface area contributed by atoms with E-state index in [0.717, 1.165) is 39.2 Å². The van der Waals surface area contributed by atoms with Crippen molar-refractivity contribution in [3.05, 3.63) is 0 Å². The number of hydrogen-bond donors (Lipinski definition) is 0. The van der Waals surface area contributed by atoms with E-state index >= 15 is 0 Å². The first kappa shape index (κ1) is 28.9. The van der Waals surface area contributed by atoms with Gasteiger partial charge in [-0.25, -0.2) is 0 Å². The third-order valence-corrected chi connectivity index (χ3v) is 4.29. The molecule has 0 saturated carbocycles. The summed E-state index contributed by atoms with van der Waals surface area (Å²) in [5, 5.41) is 0. The first-order chi connectivity index (χ1) is 14.1. The van der Waals surface area contributed by atoms with Gasteiger partial charge in [0.1, 0.15) is 6.54 Å². The summed E-state index contributed by atoms with van der Waals surface area (Å²) in [6.07, 6.45) is -1.02. The number of carbonyl (C=O) groups is 3. The number of rotatable bonds is 13. The summed E-state index contributed by atoms with van der Waals surface area (Å²) in [5.41, 5.74) is 0. The van der Waals surface area contributed by atoms with Gasteiger partial charge >= 0.3 is 24.0 Å². The number of carbonyl (C=O) groups excluding carboxylic acids is 3. The van der Waals surface area contributed by atoms with Crippen LogP contribution in [0.15, 0.2) is 0 Å². The molecule has 6 nitrogen and oxygen atoms in total. The molecule has 0 aromatic heterocycles. The van der Waals surface area contributed by atoms with E-state index in [1.165, 1.54) is 0 Å². The van der Waals surface area contributed by atoms with Crippen LogP contribution in [-0.4, -0.2) is 79.4 Å². The third kappa shape index (κ3) is 8.52. The largest absolute Gasteiger partial charge is 0.464 e. The van der Waals surface area contributed by atoms with Gasteiger partial charge in [-0.3, -0.25) is 14.4 Å². The van der Waals surface area contributed by atoms with Gasteiger partial charge in [-0.15, -0.1) is 0 Å². The van der Waals surface area contributed by atoms with Crippen molar-refractivity contribution < 1.29 is 49.9 Å². The van der Waals surface area contributed by atoms with Crippen molar-refractivity contribution in [2.24, 2.45) is 0 Å². The monoisotopic (exact) mass is 468 g/mol. The van der Waals surface area contributed by atoms with Gasteiger partial charge in [0.2, 0.25) is 5.91 Å². The molecule has 0 aliphatic carbocycles. The molecule has 0 aromatic rings. The lowest BCUT2D eigenvalue weighted by molar-refractivity contribution is -0.345. The highest BCUT2D eigenvalue weighted by molar-refractivity contribution is 5.90. The number of unbranched alkanes of at least 4 members (excludes halogenated alkanes) is 5. The summed E-state index contributed by atoms with van der Waals surface area (Å²) in [6.45, 7) is 0.302. The summed E-state index contributed by atoms with van der Waals surface area (Å²) < 4.78 is 94.1. The van der Waals surface area contributed by atoms with E-state index in [1.807, 2.05) is 0 Å². The van der Waals surface area contributed by atoms with E-state index in [4.69, 9.17) is 4.74 Å². The van der Waals surface area contributed by atoms with E-state index in [1.54, 1.807) is 0 Å². The highest BCUT2D eigenvalue weighted by atomic mass is 19.4. The molecule has 0 spiro atoms. The van der Waals surface area contributed by atoms with Crippen LogP contribution >= 0.6 is 0 Å². The lowest BCUT2D eigenvalue weighted by Crippen LogP contribution is -2.60. The Morgan fingerprint density at radius 2 is 1.29 bits per heavy atom. The summed E-state index contributed by atoms with van der Waals surface area (Å²) in [7, 11) is 1.51. The van der Waals surface area contributed by atoms with E-state index in [-0.39, 0.29) is 11.5 Å². The van der Waals surface area contributed by atoms with Crippen molar-refractivity contribution in [1.29, 1.82) is 0 Å². The minimum absolute atomic E-state index is 0.101. The smallest absolute Gasteiger partial charge is 0.460 e. The molecule has 0 N–H and O–H groups in total. The second-order valence-corrected chi connectivity index (χ2v) is 7.05. The molecular formula is C18H27F7N2O4. The van der Waals surface area contributed by atoms with Crippen LogP contribution in [0, 0.1) is 0 Å². The van der Waals surface area contributed by atoms with E-state index in [9.17, 15) is 45.1 Å². The lowest BCUT2D eigenvalue weighted by Gasteiger charge is -2.30. The summed E-state index contributed by atoms with van der Waals surface area (Å²) >= 11 is 0. The van der Waals surface area contributed by atoms with Gasteiger partial charge in [-0.2, -0.15) is 30.7 Å². The summed E-state index contributed by atoms with van der Waals surface area (Å²) in [6, 6.07) is 0. The van der Waals surface area contributed by atoms with Gasteiger partial charge in [0, 0.05) is 14.1 Å². The zero-order valence-corrected chi connectivity index (χ0v) is 17.5. The van der Waals surface area contributed by atoms with Gasteiger partial charge < -0.3 is 14.5 Å². The molecule has 2 amide bonds. The van der Waals surface area contributed by atoms with Crippen molar-refractivity contribution in [2.75, 3.05) is 33.8 Å². The molecule has 0 heterocycles. The zero-order valence-electron chi connectivity index (χ0n) is 17.5. The van der Waals surface area contributed by atoms with Crippen molar-refractivity contribution in [3.8, 4) is 0 Å². The van der Waals surface area contributed by atoms with Crippen LogP contribution in [0.2, 0.25) is 0 Å². The minimum atomic E-state index is -6.67. The van der Waals surface area contributed by atoms with Crippen LogP contribution in [0.25, 0.3) is 0 Å². The number of amides is 2. The van der Waals surface area contributed by atoms with Gasteiger partial charge in [-0.1, -0.05) is 39.0 Å². The summed E-state index contributed by atoms with van der Waals surface area (Å²) in [4.78, 5) is 35.4. The zero-order chi connectivity index (χ0) is 24.5. The van der Waals surface area contributed by atoms with Crippen molar-refractivity contribution >= 4 is 17.8 Å². The van der Waals surface area contributed by atoms with Crippen molar-refractivity contribution in [1.82, 2.24) is 9.80 Å². The molecule has 0 rings (SSSR count). The fraction of sp³-hybridized carbons (Fsp3) is 0.833. The first-order valence-corrected chi connectivity index (χ1v) is 9.57. The summed E-state index contributed by atoms with van der Waals surface area (Å²) in [5.74, 6) is -17.6. The molecule has 13 heteroatoms. The molecule has 182 valence electrons. The number of hydrogen-bond acceptors (Lipinski definition) is 4. The minimum Gasteiger partial charge on any atom is -0.464 e. The van der Waals surface area contributed by atoms with Gasteiger partial charge in [0.25, 0.3) is 5.91 Å². The maximum atomic E-state index is 13.4. The van der Waals surface area contributed by atoms with E-state index < -0.39 is 48.9 Å². The SMILES string of the molecule is CCCCCCCCOC(=O)CN(C)C(=O)CN(C)C(=O)C(F)(F)C(F)(F)C(F)(F)F. The van der Waals surface area contributed by atoms with Gasteiger partial charge in [0.05, 0.1) is 13.2 Å². The fourth-order valence-electron chi connectivity index (χ4n) is 2.34. The van der Waals surface area contributed by atoms with E-state index in [2.05, 4.69) is 6.92 Å². The Hall–Kier alpha value is -2.08. The Labute approximate surface area is 175 Å². The van der Waals surface area contributed by atoms with Crippen molar-refractivity contribution in [2.45, 2.75) is 63.5 Å². The fourth-order valence-corrected chi connectivity index (χ4v) is 2.34. The molecule has 0 aliphatic heterocycles. The Bertz CT molecular complexity index is 612. The second-order valence-electron chi connectivity index (χ2n) is 7.05. The number of ether oxygens (including phenoxy) is 1. The first-order valence-electron chi connectivity index (χ1n) is 9.57. The van der Waals surface area contributed by atoms with Crippen LogP contribution in [0.5, 0.6) is 0 Å². The van der Waals surface area contributed by atoms with Gasteiger partial charge in [-0.05, 0) is 6.42 Å². The highest BCUT2D eigenvalue weighted by Gasteiger charge is 2.76. The predicted octanol–water partition coefficient (Wildman–Crippen LogP) is 3.64. The van der Waals surface area contributed by atoms with Crippen LogP contribution in [0.1, 0.15) is 45.4 Å². The quantitative estimate of drug-likeness (QED) is 0.235. The Morgan fingerprint density at radius 1 is 0.774 bits per heavy atom. The predicted molar refractivity (Wildman–Crippen MR) is 95.6 cm³/mol. The number of alkyl halides is 7. The number of halogens is 7. The standard InChI is InChI=1S/C18H27F7N2O4/c1-4-5-6-7-8-9-10-31-14(29)12-26(2)13(28)11-27(3)15(30)16(19,20)17(21,22)18(23,24)25/h4-12H2,1-3H3. The number of nitrogens with zero attached hydrogens (tertiary/aromatic N) is 2. The average Bonchev–Trinajstić information content (AvgIpc) is 2.65. The van der Waals surface area contributed by atoms with Crippen LogP contribution in [0.3, 0.4) is 0 Å².